The van der Waals surface area contributed by atoms with Crippen molar-refractivity contribution in [2.75, 3.05) is 7.05 Å². The first kappa shape index (κ1) is 12.4. The first-order chi connectivity index (χ1) is 5.79. The third-order valence-electron chi connectivity index (χ3n) is 1.53. The second-order valence-electron chi connectivity index (χ2n) is 3.28. The van der Waals surface area contributed by atoms with Gasteiger partial charge in [0.2, 0.25) is 11.8 Å². The Kier molecular flexibility index (Phi) is 4.39. The third kappa shape index (κ3) is 4.26. The summed E-state index contributed by atoms with van der Waals surface area (Å²) in [5, 5.41) is 5.03. The number of rotatable bonds is 3. The summed E-state index contributed by atoms with van der Waals surface area (Å²) >= 11 is 3.20. The second-order valence-corrected chi connectivity index (χ2v) is 5.26. The smallest absolute Gasteiger partial charge is 0.242 e. The van der Waals surface area contributed by atoms with Crippen LogP contribution in [0.2, 0.25) is 0 Å². The van der Waals surface area contributed by atoms with E-state index >= 15 is 0 Å². The SMILES string of the molecule is CNC(=O)C(C)NC(=O)C(C)(C)Br. The van der Waals surface area contributed by atoms with Crippen molar-refractivity contribution in [3.8, 4) is 0 Å². The predicted molar refractivity (Wildman–Crippen MR) is 54.7 cm³/mol. The Bertz CT molecular complexity index is 211. The van der Waals surface area contributed by atoms with E-state index in [1.807, 2.05) is 0 Å². The van der Waals surface area contributed by atoms with Crippen LogP contribution in [0, 0.1) is 0 Å². The lowest BCUT2D eigenvalue weighted by Gasteiger charge is -2.19. The maximum Gasteiger partial charge on any atom is 0.242 e. The molecule has 4 nitrogen and oxygen atoms in total. The molecule has 0 saturated carbocycles. The van der Waals surface area contributed by atoms with Crippen LogP contribution in [0.3, 0.4) is 0 Å². The number of halogens is 1. The first-order valence-electron chi connectivity index (χ1n) is 4.00. The zero-order valence-electron chi connectivity index (χ0n) is 8.27. The summed E-state index contributed by atoms with van der Waals surface area (Å²) in [6.45, 7) is 5.08. The van der Waals surface area contributed by atoms with E-state index in [-0.39, 0.29) is 11.8 Å². The molecule has 0 saturated heterocycles. The van der Waals surface area contributed by atoms with E-state index in [4.69, 9.17) is 0 Å². The van der Waals surface area contributed by atoms with Crippen molar-refractivity contribution in [2.45, 2.75) is 31.1 Å². The number of hydrogen-bond donors (Lipinski definition) is 2. The summed E-state index contributed by atoms with van der Waals surface area (Å²) in [6.07, 6.45) is 0. The molecule has 0 rings (SSSR count). The molecule has 76 valence electrons. The topological polar surface area (TPSA) is 58.2 Å². The van der Waals surface area contributed by atoms with Crippen LogP contribution in [0.25, 0.3) is 0 Å². The minimum Gasteiger partial charge on any atom is -0.357 e. The average Bonchev–Trinajstić information content (AvgIpc) is 2.01. The molecule has 0 aliphatic heterocycles. The second kappa shape index (κ2) is 4.60. The third-order valence-corrected chi connectivity index (χ3v) is 1.89. The Morgan fingerprint density at radius 2 is 1.85 bits per heavy atom. The quantitative estimate of drug-likeness (QED) is 0.714. The van der Waals surface area contributed by atoms with E-state index in [0.717, 1.165) is 0 Å². The van der Waals surface area contributed by atoms with Gasteiger partial charge in [-0.05, 0) is 20.8 Å². The van der Waals surface area contributed by atoms with Crippen LogP contribution in [-0.4, -0.2) is 29.2 Å². The fourth-order valence-electron chi connectivity index (χ4n) is 0.650. The molecule has 0 aliphatic rings. The molecule has 0 bridgehead atoms. The van der Waals surface area contributed by atoms with Crippen LogP contribution in [-0.2, 0) is 9.59 Å². The van der Waals surface area contributed by atoms with Crippen molar-refractivity contribution in [1.29, 1.82) is 0 Å². The monoisotopic (exact) mass is 250 g/mol. The Balaban J connectivity index is 4.15. The minimum atomic E-state index is -0.644. The molecular formula is C8H15BrN2O2. The molecule has 2 N–H and O–H groups in total. The molecule has 0 radical (unpaired) electrons. The van der Waals surface area contributed by atoms with E-state index in [1.54, 1.807) is 20.8 Å². The molecule has 0 aromatic carbocycles. The van der Waals surface area contributed by atoms with Crippen molar-refractivity contribution in [2.24, 2.45) is 0 Å². The standard InChI is InChI=1S/C8H15BrN2O2/c1-5(6(12)10-4)11-7(13)8(2,3)9/h5H,1-4H3,(H,10,12)(H,11,13). The maximum absolute atomic E-state index is 11.4. The zero-order chi connectivity index (χ0) is 10.6. The lowest BCUT2D eigenvalue weighted by atomic mass is 10.2. The fourth-order valence-corrected chi connectivity index (χ4v) is 0.765. The lowest BCUT2D eigenvalue weighted by Crippen LogP contribution is -2.48. The summed E-state index contributed by atoms with van der Waals surface area (Å²) in [6, 6.07) is -0.505. The highest BCUT2D eigenvalue weighted by Gasteiger charge is 2.26. The first-order valence-corrected chi connectivity index (χ1v) is 4.79. The van der Waals surface area contributed by atoms with Gasteiger partial charge in [0.25, 0.3) is 0 Å². The van der Waals surface area contributed by atoms with E-state index < -0.39 is 10.4 Å². The number of nitrogens with one attached hydrogen (secondary N) is 2. The summed E-state index contributed by atoms with van der Waals surface area (Å²) < 4.78 is -0.644. The van der Waals surface area contributed by atoms with E-state index in [0.29, 0.717) is 0 Å². The summed E-state index contributed by atoms with van der Waals surface area (Å²) in [5.74, 6) is -0.409. The Morgan fingerprint density at radius 3 is 2.15 bits per heavy atom. The molecule has 0 heterocycles. The lowest BCUT2D eigenvalue weighted by molar-refractivity contribution is -0.129. The van der Waals surface area contributed by atoms with Crippen LogP contribution in [0.15, 0.2) is 0 Å². The van der Waals surface area contributed by atoms with E-state index in [9.17, 15) is 9.59 Å². The molecule has 5 heteroatoms. The summed E-state index contributed by atoms with van der Waals surface area (Å²) in [7, 11) is 1.53. The number of hydrogen-bond acceptors (Lipinski definition) is 2. The highest BCUT2D eigenvalue weighted by atomic mass is 79.9. The van der Waals surface area contributed by atoms with E-state index in [1.165, 1.54) is 7.05 Å². The van der Waals surface area contributed by atoms with Crippen molar-refractivity contribution in [3.63, 3.8) is 0 Å². The van der Waals surface area contributed by atoms with Gasteiger partial charge in [-0.1, -0.05) is 15.9 Å². The minimum absolute atomic E-state index is 0.204. The van der Waals surface area contributed by atoms with Crippen LogP contribution >= 0.6 is 15.9 Å². The van der Waals surface area contributed by atoms with Gasteiger partial charge < -0.3 is 10.6 Å². The summed E-state index contributed by atoms with van der Waals surface area (Å²) in [4.78, 5) is 22.4. The van der Waals surface area contributed by atoms with Crippen LogP contribution < -0.4 is 10.6 Å². The van der Waals surface area contributed by atoms with E-state index in [2.05, 4.69) is 26.6 Å². The van der Waals surface area contributed by atoms with Crippen LogP contribution in [0.1, 0.15) is 20.8 Å². The van der Waals surface area contributed by atoms with Gasteiger partial charge in [-0.25, -0.2) is 0 Å². The van der Waals surface area contributed by atoms with Crippen molar-refractivity contribution in [1.82, 2.24) is 10.6 Å². The molecule has 0 aliphatic carbocycles. The van der Waals surface area contributed by atoms with Gasteiger partial charge in [0, 0.05) is 7.05 Å². The van der Waals surface area contributed by atoms with Crippen molar-refractivity contribution >= 4 is 27.7 Å². The molecule has 1 atom stereocenters. The van der Waals surface area contributed by atoms with Gasteiger partial charge in [0.05, 0.1) is 4.32 Å². The van der Waals surface area contributed by atoms with Gasteiger partial charge >= 0.3 is 0 Å². The summed E-state index contributed by atoms with van der Waals surface area (Å²) in [5.41, 5.74) is 0. The molecule has 0 aromatic heterocycles. The number of alkyl halides is 1. The van der Waals surface area contributed by atoms with Gasteiger partial charge in [-0.2, -0.15) is 0 Å². The average molecular weight is 251 g/mol. The number of amides is 2. The Hall–Kier alpha value is -0.580. The molecule has 0 fully saturated rings. The Labute approximate surface area is 86.6 Å². The van der Waals surface area contributed by atoms with Crippen molar-refractivity contribution in [3.05, 3.63) is 0 Å². The number of carbonyl (C=O) groups is 2. The molecule has 1 unspecified atom stereocenters. The van der Waals surface area contributed by atoms with Crippen molar-refractivity contribution < 1.29 is 9.59 Å². The predicted octanol–water partition coefficient (Wildman–Crippen LogP) is 0.411. The number of likely N-dealkylation sites (N-methyl/N-ethyl adjacent to an activating group) is 1. The molecule has 13 heavy (non-hydrogen) atoms. The van der Waals surface area contributed by atoms with Crippen LogP contribution in [0.5, 0.6) is 0 Å². The highest BCUT2D eigenvalue weighted by Crippen LogP contribution is 2.15. The molecule has 0 aromatic rings. The largest absolute Gasteiger partial charge is 0.357 e. The van der Waals surface area contributed by atoms with Gasteiger partial charge in [-0.15, -0.1) is 0 Å². The molecule has 2 amide bonds. The Morgan fingerprint density at radius 1 is 1.38 bits per heavy atom. The highest BCUT2D eigenvalue weighted by molar-refractivity contribution is 9.10. The number of carbonyl (C=O) groups excluding carboxylic acids is 2. The molecular weight excluding hydrogens is 236 g/mol. The normalized spacial score (nSPS) is 13.3. The van der Waals surface area contributed by atoms with Gasteiger partial charge in [-0.3, -0.25) is 9.59 Å². The zero-order valence-corrected chi connectivity index (χ0v) is 9.86. The van der Waals surface area contributed by atoms with Crippen LogP contribution in [0.4, 0.5) is 0 Å². The molecule has 0 spiro atoms. The fraction of sp³-hybridized carbons (Fsp3) is 0.750. The van der Waals surface area contributed by atoms with Gasteiger partial charge in [0.1, 0.15) is 6.04 Å². The maximum atomic E-state index is 11.4. The van der Waals surface area contributed by atoms with Gasteiger partial charge in [0.15, 0.2) is 0 Å².